The van der Waals surface area contributed by atoms with Gasteiger partial charge >= 0.3 is 6.09 Å². The maximum absolute atomic E-state index is 12.1. The van der Waals surface area contributed by atoms with E-state index in [0.29, 0.717) is 5.69 Å². The maximum atomic E-state index is 12.1. The van der Waals surface area contributed by atoms with E-state index in [9.17, 15) is 25.2 Å². The normalized spacial score (nSPS) is 20.0. The number of pyridine rings is 1. The molecule has 1 saturated heterocycles. The van der Waals surface area contributed by atoms with E-state index in [2.05, 4.69) is 4.98 Å². The Morgan fingerprint density at radius 2 is 1.75 bits per heavy atom. The van der Waals surface area contributed by atoms with Crippen molar-refractivity contribution in [3.8, 4) is 0 Å². The molecule has 1 aromatic heterocycles. The largest absolute Gasteiger partial charge is 0.443 e. The van der Waals surface area contributed by atoms with Gasteiger partial charge in [0.25, 0.3) is 11.8 Å². The van der Waals surface area contributed by atoms with Crippen molar-refractivity contribution in [1.29, 1.82) is 0 Å². The van der Waals surface area contributed by atoms with E-state index in [1.807, 2.05) is 0 Å². The zero-order valence-electron chi connectivity index (χ0n) is 13.7. The fourth-order valence-corrected chi connectivity index (χ4v) is 2.36. The van der Waals surface area contributed by atoms with Crippen LogP contribution in [0.4, 0.5) is 16.3 Å². The average Bonchev–Trinajstić information content (AvgIpc) is 2.33. The topological polar surface area (TPSA) is 153 Å². The van der Waals surface area contributed by atoms with Gasteiger partial charge in [0.1, 0.15) is 11.4 Å². The number of ether oxygens (including phenoxy) is 1. The minimum absolute atomic E-state index is 0.0898. The van der Waals surface area contributed by atoms with E-state index < -0.39 is 36.6 Å². The van der Waals surface area contributed by atoms with Gasteiger partial charge in [0.2, 0.25) is 0 Å². The molecule has 10 nitrogen and oxygen atoms in total. The summed E-state index contributed by atoms with van der Waals surface area (Å²) in [6.07, 6.45) is 0.0672. The third kappa shape index (κ3) is 3.85. The van der Waals surface area contributed by atoms with Crippen LogP contribution in [0.3, 0.4) is 0 Å². The number of aromatic nitrogens is 1. The summed E-state index contributed by atoms with van der Waals surface area (Å²) >= 11 is 0. The van der Waals surface area contributed by atoms with Gasteiger partial charge in [-0.2, -0.15) is 4.90 Å². The second kappa shape index (κ2) is 5.74. The molecule has 134 valence electrons. The van der Waals surface area contributed by atoms with Crippen molar-refractivity contribution >= 4 is 17.6 Å². The van der Waals surface area contributed by atoms with Gasteiger partial charge in [-0.25, -0.2) is 9.78 Å². The molecule has 0 aliphatic carbocycles. The Labute approximate surface area is 138 Å². The first-order chi connectivity index (χ1) is 10.8. The Bertz CT molecular complexity index is 593. The molecule has 0 atom stereocenters. The van der Waals surface area contributed by atoms with Gasteiger partial charge in [-0.3, -0.25) is 0 Å². The number of rotatable bonds is 1. The Balaban J connectivity index is 2.29. The van der Waals surface area contributed by atoms with Crippen molar-refractivity contribution in [2.24, 2.45) is 0 Å². The van der Waals surface area contributed by atoms with E-state index in [4.69, 9.17) is 10.5 Å². The molecule has 0 unspecified atom stereocenters. The summed E-state index contributed by atoms with van der Waals surface area (Å²) in [4.78, 5) is 17.3. The van der Waals surface area contributed by atoms with Crippen LogP contribution in [0, 0.1) is 0 Å². The molecular weight excluding hydrogens is 320 g/mol. The number of amides is 1. The predicted octanol–water partition coefficient (Wildman–Crippen LogP) is -1.00. The molecule has 2 rings (SSSR count). The molecule has 0 aromatic carbocycles. The molecule has 0 radical (unpaired) electrons. The minimum Gasteiger partial charge on any atom is -0.443 e. The van der Waals surface area contributed by atoms with Crippen LogP contribution in [-0.2, 0) is 4.74 Å². The van der Waals surface area contributed by atoms with Crippen LogP contribution >= 0.6 is 0 Å². The van der Waals surface area contributed by atoms with E-state index in [0.717, 1.165) is 0 Å². The van der Waals surface area contributed by atoms with Gasteiger partial charge in [-0.1, -0.05) is 0 Å². The summed E-state index contributed by atoms with van der Waals surface area (Å²) in [5, 5.41) is 40.8. The second-order valence-electron chi connectivity index (χ2n) is 6.66. The summed E-state index contributed by atoms with van der Waals surface area (Å²) in [5.41, 5.74) is 4.90. The molecule has 1 fully saturated rings. The molecule has 1 aliphatic rings. The molecule has 6 N–H and O–H groups in total. The zero-order valence-corrected chi connectivity index (χ0v) is 13.7. The number of hydrogen-bond acceptors (Lipinski definition) is 9. The fraction of sp³-hybridized carbons (Fsp3) is 0.571. The van der Waals surface area contributed by atoms with Crippen molar-refractivity contribution in [1.82, 2.24) is 9.88 Å². The lowest BCUT2D eigenvalue weighted by atomic mass is 10.1. The lowest BCUT2D eigenvalue weighted by molar-refractivity contribution is -0.372. The highest BCUT2D eigenvalue weighted by Crippen LogP contribution is 2.31. The third-order valence-electron chi connectivity index (χ3n) is 3.23. The number of anilines is 2. The van der Waals surface area contributed by atoms with E-state index in [-0.39, 0.29) is 10.7 Å². The molecular formula is C14H22N4O6. The number of nitrogens with zero attached hydrogens (tertiary/aromatic N) is 3. The lowest BCUT2D eigenvalue weighted by Crippen LogP contribution is -2.75. The Morgan fingerprint density at radius 3 is 2.17 bits per heavy atom. The highest BCUT2D eigenvalue weighted by molar-refractivity contribution is 5.70. The molecule has 24 heavy (non-hydrogen) atoms. The number of carbonyl (C=O) groups excluding carboxylic acids is 1. The highest BCUT2D eigenvalue weighted by Gasteiger charge is 2.56. The van der Waals surface area contributed by atoms with Gasteiger partial charge in [-0.05, 0) is 32.9 Å². The third-order valence-corrected chi connectivity index (χ3v) is 3.23. The van der Waals surface area contributed by atoms with Gasteiger partial charge < -0.3 is 35.8 Å². The molecule has 0 bridgehead atoms. The Kier molecular flexibility index (Phi) is 4.35. The van der Waals surface area contributed by atoms with Crippen molar-refractivity contribution in [2.45, 2.75) is 38.2 Å². The molecule has 1 aromatic rings. The van der Waals surface area contributed by atoms with Crippen molar-refractivity contribution < 1.29 is 30.0 Å². The number of piperazine rings is 1. The number of β-amino-alcohol motifs (C(OH)–C–C–N with tert-alkyl or cyclic N) is 4. The van der Waals surface area contributed by atoms with Gasteiger partial charge in [0.05, 0.1) is 25.0 Å². The van der Waals surface area contributed by atoms with Crippen molar-refractivity contribution in [2.75, 3.05) is 23.7 Å². The van der Waals surface area contributed by atoms with Crippen molar-refractivity contribution in [3.63, 3.8) is 0 Å². The first kappa shape index (κ1) is 18.2. The summed E-state index contributed by atoms with van der Waals surface area (Å²) in [5.74, 6) is -5.51. The molecule has 0 saturated carbocycles. The number of aliphatic hydroxyl groups is 4. The Hall–Kier alpha value is -2.14. The summed E-state index contributed by atoms with van der Waals surface area (Å²) < 4.78 is 5.00. The number of carbonyl (C=O) groups is 1. The maximum Gasteiger partial charge on any atom is 0.418 e. The number of hydrogen-bond donors (Lipinski definition) is 5. The SMILES string of the molecule is CC(C)(C)OC(=O)N1C(O)(O)CN(c2ccc(N)nc2)CC1(O)O. The number of nitrogens with two attached hydrogens (primary N) is 1. The van der Waals surface area contributed by atoms with Gasteiger partial charge in [-0.15, -0.1) is 0 Å². The first-order valence-corrected chi connectivity index (χ1v) is 7.21. The van der Waals surface area contributed by atoms with Crippen LogP contribution < -0.4 is 10.6 Å². The van der Waals surface area contributed by atoms with Gasteiger partial charge in [0, 0.05) is 0 Å². The van der Waals surface area contributed by atoms with Crippen molar-refractivity contribution in [3.05, 3.63) is 18.3 Å². The van der Waals surface area contributed by atoms with E-state index in [1.165, 1.54) is 23.2 Å². The smallest absolute Gasteiger partial charge is 0.418 e. The predicted molar refractivity (Wildman–Crippen MR) is 83.3 cm³/mol. The standard InChI is InChI=1S/C14H22N4O6/c1-12(2,3)24-11(19)18-13(20,21)7-17(8-14(18,22)23)9-4-5-10(15)16-6-9/h4-6,20-23H,7-8H2,1-3H3,(H2,15,16). The second-order valence-corrected chi connectivity index (χ2v) is 6.66. The quantitative estimate of drug-likeness (QED) is 0.404. The summed E-state index contributed by atoms with van der Waals surface area (Å²) in [6.45, 7) is 3.66. The van der Waals surface area contributed by atoms with Gasteiger partial charge in [0.15, 0.2) is 0 Å². The van der Waals surface area contributed by atoms with Crippen LogP contribution in [0.5, 0.6) is 0 Å². The fourth-order valence-electron chi connectivity index (χ4n) is 2.36. The average molecular weight is 342 g/mol. The molecule has 1 aliphatic heterocycles. The van der Waals surface area contributed by atoms with Crippen LogP contribution in [0.25, 0.3) is 0 Å². The van der Waals surface area contributed by atoms with Crippen LogP contribution in [0.15, 0.2) is 18.3 Å². The summed E-state index contributed by atoms with van der Waals surface area (Å²) in [7, 11) is 0. The monoisotopic (exact) mass is 342 g/mol. The minimum atomic E-state index is -2.88. The first-order valence-electron chi connectivity index (χ1n) is 7.21. The molecule has 10 heteroatoms. The summed E-state index contributed by atoms with van der Waals surface area (Å²) in [6, 6.07) is 3.00. The van der Waals surface area contributed by atoms with E-state index >= 15 is 0 Å². The van der Waals surface area contributed by atoms with Crippen LogP contribution in [0.1, 0.15) is 20.8 Å². The molecule has 0 spiro atoms. The highest BCUT2D eigenvalue weighted by atomic mass is 16.6. The molecule has 1 amide bonds. The van der Waals surface area contributed by atoms with E-state index in [1.54, 1.807) is 20.8 Å². The molecule has 2 heterocycles. The Morgan fingerprint density at radius 1 is 1.21 bits per heavy atom. The van der Waals surface area contributed by atoms with Crippen LogP contribution in [0.2, 0.25) is 0 Å². The number of nitrogen functional groups attached to an aromatic ring is 1. The van der Waals surface area contributed by atoms with Crippen LogP contribution in [-0.4, -0.2) is 66.9 Å². The zero-order chi connectivity index (χ0) is 18.3. The lowest BCUT2D eigenvalue weighted by Gasteiger charge is -2.50.